The van der Waals surface area contributed by atoms with Gasteiger partial charge in [-0.15, -0.1) is 0 Å². The Morgan fingerprint density at radius 1 is 1.28 bits per heavy atom. The van der Waals surface area contributed by atoms with E-state index in [4.69, 9.17) is 5.84 Å². The number of nitrogen functional groups attached to an aromatic ring is 1. The standard InChI is InChI=1S/C12H16N6/c1-9-8-16-12(18-13)17-11(9)15-7-4-10-2-5-14-6-3-10/h2-3,5-6,8H,4,7,13H2,1H3,(H2,15,16,17,18). The van der Waals surface area contributed by atoms with Crippen molar-refractivity contribution >= 4 is 11.8 Å². The van der Waals surface area contributed by atoms with Crippen LogP contribution in [0.25, 0.3) is 0 Å². The Balaban J connectivity index is 1.94. The van der Waals surface area contributed by atoms with Gasteiger partial charge in [0.15, 0.2) is 0 Å². The second kappa shape index (κ2) is 5.92. The smallest absolute Gasteiger partial charge is 0.239 e. The van der Waals surface area contributed by atoms with Crippen molar-refractivity contribution < 1.29 is 0 Å². The molecule has 0 aliphatic carbocycles. The molecular weight excluding hydrogens is 228 g/mol. The molecular formula is C12H16N6. The van der Waals surface area contributed by atoms with Crippen LogP contribution in [0.5, 0.6) is 0 Å². The van der Waals surface area contributed by atoms with E-state index in [9.17, 15) is 0 Å². The summed E-state index contributed by atoms with van der Waals surface area (Å²) in [6, 6.07) is 4.00. The van der Waals surface area contributed by atoms with Crippen LogP contribution >= 0.6 is 0 Å². The zero-order chi connectivity index (χ0) is 12.8. The molecule has 0 spiro atoms. The molecule has 0 aliphatic heterocycles. The first-order valence-electron chi connectivity index (χ1n) is 5.72. The first-order valence-corrected chi connectivity index (χ1v) is 5.72. The molecule has 0 atom stereocenters. The van der Waals surface area contributed by atoms with Gasteiger partial charge in [-0.1, -0.05) is 0 Å². The van der Waals surface area contributed by atoms with E-state index in [2.05, 4.69) is 25.7 Å². The summed E-state index contributed by atoms with van der Waals surface area (Å²) in [4.78, 5) is 12.3. The number of nitrogens with one attached hydrogen (secondary N) is 2. The minimum atomic E-state index is 0.409. The van der Waals surface area contributed by atoms with Crippen LogP contribution < -0.4 is 16.6 Å². The number of hydrogen-bond donors (Lipinski definition) is 3. The van der Waals surface area contributed by atoms with Crippen molar-refractivity contribution in [3.05, 3.63) is 41.9 Å². The molecule has 6 heteroatoms. The number of nitrogens with zero attached hydrogens (tertiary/aromatic N) is 3. The molecule has 0 fully saturated rings. The molecule has 2 heterocycles. The van der Waals surface area contributed by atoms with E-state index < -0.39 is 0 Å². The molecule has 0 saturated heterocycles. The molecule has 4 N–H and O–H groups in total. The predicted molar refractivity (Wildman–Crippen MR) is 71.0 cm³/mol. The highest BCUT2D eigenvalue weighted by Crippen LogP contribution is 2.11. The molecule has 94 valence electrons. The summed E-state index contributed by atoms with van der Waals surface area (Å²) in [7, 11) is 0. The summed E-state index contributed by atoms with van der Waals surface area (Å²) in [5, 5.41) is 3.27. The van der Waals surface area contributed by atoms with Gasteiger partial charge < -0.3 is 5.32 Å². The first-order chi connectivity index (χ1) is 8.79. The normalized spacial score (nSPS) is 10.1. The molecule has 0 radical (unpaired) electrons. The van der Waals surface area contributed by atoms with Crippen molar-refractivity contribution in [2.45, 2.75) is 13.3 Å². The minimum absolute atomic E-state index is 0.409. The van der Waals surface area contributed by atoms with Crippen LogP contribution in [0.15, 0.2) is 30.7 Å². The van der Waals surface area contributed by atoms with E-state index in [1.807, 2.05) is 19.1 Å². The Labute approximate surface area is 106 Å². The van der Waals surface area contributed by atoms with Crippen LogP contribution in [-0.4, -0.2) is 21.5 Å². The number of nitrogens with two attached hydrogens (primary N) is 1. The lowest BCUT2D eigenvalue weighted by atomic mass is 10.2. The molecule has 6 nitrogen and oxygen atoms in total. The zero-order valence-electron chi connectivity index (χ0n) is 10.2. The summed E-state index contributed by atoms with van der Waals surface area (Å²) >= 11 is 0. The summed E-state index contributed by atoms with van der Waals surface area (Å²) in [5.74, 6) is 6.49. The van der Waals surface area contributed by atoms with E-state index in [1.165, 1.54) is 5.56 Å². The molecule has 18 heavy (non-hydrogen) atoms. The molecule has 0 saturated carbocycles. The number of rotatable bonds is 5. The number of pyridine rings is 1. The molecule has 0 unspecified atom stereocenters. The van der Waals surface area contributed by atoms with E-state index >= 15 is 0 Å². The second-order valence-corrected chi connectivity index (χ2v) is 3.90. The van der Waals surface area contributed by atoms with Gasteiger partial charge in [0.05, 0.1) is 0 Å². The maximum absolute atomic E-state index is 5.28. The fourth-order valence-electron chi connectivity index (χ4n) is 1.57. The lowest BCUT2D eigenvalue weighted by Gasteiger charge is -2.09. The summed E-state index contributed by atoms with van der Waals surface area (Å²) in [6.07, 6.45) is 6.23. The fourth-order valence-corrected chi connectivity index (χ4v) is 1.57. The third kappa shape index (κ3) is 3.14. The molecule has 2 aromatic rings. The zero-order valence-corrected chi connectivity index (χ0v) is 10.2. The number of hydrazine groups is 1. The van der Waals surface area contributed by atoms with Crippen molar-refractivity contribution in [2.75, 3.05) is 17.3 Å². The summed E-state index contributed by atoms with van der Waals surface area (Å²) in [5.41, 5.74) is 4.66. The SMILES string of the molecule is Cc1cnc(NN)nc1NCCc1ccncc1. The number of aromatic nitrogens is 3. The summed E-state index contributed by atoms with van der Waals surface area (Å²) < 4.78 is 0. The van der Waals surface area contributed by atoms with Crippen LogP contribution in [0.2, 0.25) is 0 Å². The highest BCUT2D eigenvalue weighted by molar-refractivity contribution is 5.46. The Hall–Kier alpha value is -2.21. The van der Waals surface area contributed by atoms with Gasteiger partial charge in [0.1, 0.15) is 5.82 Å². The van der Waals surface area contributed by atoms with E-state index in [0.29, 0.717) is 5.95 Å². The van der Waals surface area contributed by atoms with Crippen molar-refractivity contribution in [1.82, 2.24) is 15.0 Å². The highest BCUT2D eigenvalue weighted by atomic mass is 15.3. The minimum Gasteiger partial charge on any atom is -0.369 e. The van der Waals surface area contributed by atoms with Gasteiger partial charge in [0.25, 0.3) is 0 Å². The van der Waals surface area contributed by atoms with E-state index in [-0.39, 0.29) is 0 Å². The molecule has 2 rings (SSSR count). The lowest BCUT2D eigenvalue weighted by Crippen LogP contribution is -2.13. The van der Waals surface area contributed by atoms with Crippen molar-refractivity contribution in [1.29, 1.82) is 0 Å². The Kier molecular flexibility index (Phi) is 4.03. The lowest BCUT2D eigenvalue weighted by molar-refractivity contribution is 0.984. The van der Waals surface area contributed by atoms with Crippen LogP contribution in [0.1, 0.15) is 11.1 Å². The largest absolute Gasteiger partial charge is 0.369 e. The Bertz CT molecular complexity index is 499. The van der Waals surface area contributed by atoms with Crippen molar-refractivity contribution in [3.8, 4) is 0 Å². The average molecular weight is 244 g/mol. The van der Waals surface area contributed by atoms with Gasteiger partial charge in [-0.25, -0.2) is 10.8 Å². The fraction of sp³-hybridized carbons (Fsp3) is 0.250. The third-order valence-corrected chi connectivity index (χ3v) is 2.56. The van der Waals surface area contributed by atoms with Crippen molar-refractivity contribution in [2.24, 2.45) is 5.84 Å². The van der Waals surface area contributed by atoms with Gasteiger partial charge in [0.2, 0.25) is 5.95 Å². The maximum atomic E-state index is 5.28. The molecule has 0 amide bonds. The van der Waals surface area contributed by atoms with Gasteiger partial charge in [-0.3, -0.25) is 10.4 Å². The van der Waals surface area contributed by atoms with Gasteiger partial charge in [0, 0.05) is 30.7 Å². The molecule has 0 aromatic carbocycles. The number of hydrogen-bond acceptors (Lipinski definition) is 6. The van der Waals surface area contributed by atoms with Crippen LogP contribution in [0.3, 0.4) is 0 Å². The first kappa shape index (κ1) is 12.3. The van der Waals surface area contributed by atoms with Crippen molar-refractivity contribution in [3.63, 3.8) is 0 Å². The monoisotopic (exact) mass is 244 g/mol. The quantitative estimate of drug-likeness (QED) is 0.539. The number of anilines is 2. The third-order valence-electron chi connectivity index (χ3n) is 2.56. The summed E-state index contributed by atoms with van der Waals surface area (Å²) in [6.45, 7) is 2.75. The number of aryl methyl sites for hydroxylation is 1. The predicted octanol–water partition coefficient (Wildman–Crippen LogP) is 1.12. The Morgan fingerprint density at radius 3 is 2.78 bits per heavy atom. The average Bonchev–Trinajstić information content (AvgIpc) is 2.42. The van der Waals surface area contributed by atoms with E-state index in [1.54, 1.807) is 18.6 Å². The topological polar surface area (TPSA) is 88.8 Å². The van der Waals surface area contributed by atoms with E-state index in [0.717, 1.165) is 24.3 Å². The van der Waals surface area contributed by atoms with Crippen LogP contribution in [0.4, 0.5) is 11.8 Å². The molecule has 0 aliphatic rings. The maximum Gasteiger partial charge on any atom is 0.239 e. The van der Waals surface area contributed by atoms with Crippen LogP contribution in [0, 0.1) is 6.92 Å². The second-order valence-electron chi connectivity index (χ2n) is 3.90. The van der Waals surface area contributed by atoms with Gasteiger partial charge >= 0.3 is 0 Å². The highest BCUT2D eigenvalue weighted by Gasteiger charge is 2.02. The van der Waals surface area contributed by atoms with Gasteiger partial charge in [-0.2, -0.15) is 4.98 Å². The Morgan fingerprint density at radius 2 is 2.06 bits per heavy atom. The molecule has 0 bridgehead atoms. The van der Waals surface area contributed by atoms with Crippen LogP contribution in [-0.2, 0) is 6.42 Å². The van der Waals surface area contributed by atoms with Gasteiger partial charge in [-0.05, 0) is 31.0 Å². The molecule has 2 aromatic heterocycles.